The number of aryl methyl sites for hydroxylation is 1. The molecule has 6 nitrogen and oxygen atoms in total. The third-order valence-electron chi connectivity index (χ3n) is 9.35. The van der Waals surface area contributed by atoms with E-state index in [1.165, 1.54) is 22.4 Å². The molecule has 4 heterocycles. The Morgan fingerprint density at radius 3 is 2.06 bits per heavy atom. The molecule has 49 heavy (non-hydrogen) atoms. The van der Waals surface area contributed by atoms with Gasteiger partial charge in [0.25, 0.3) is 0 Å². The van der Waals surface area contributed by atoms with E-state index < -0.39 is 0 Å². The minimum absolute atomic E-state index is 0.0170. The van der Waals surface area contributed by atoms with E-state index in [1.807, 2.05) is 12.3 Å². The third-order valence-corrected chi connectivity index (χ3v) is 9.35. The van der Waals surface area contributed by atoms with Crippen molar-refractivity contribution in [3.63, 3.8) is 0 Å². The molecule has 254 valence electrons. The van der Waals surface area contributed by atoms with Crippen molar-refractivity contribution in [1.29, 1.82) is 0 Å². The van der Waals surface area contributed by atoms with Gasteiger partial charge in [-0.2, -0.15) is 5.10 Å². The number of rotatable bonds is 7. The van der Waals surface area contributed by atoms with Crippen molar-refractivity contribution in [2.75, 3.05) is 0 Å². The van der Waals surface area contributed by atoms with Crippen LogP contribution in [-0.2, 0) is 10.8 Å². The Morgan fingerprint density at radius 1 is 0.735 bits per heavy atom. The molecular weight excluding hydrogens is 603 g/mol. The lowest BCUT2D eigenvalue weighted by Crippen LogP contribution is -2.12. The van der Waals surface area contributed by atoms with Crippen molar-refractivity contribution < 1.29 is 4.74 Å². The predicted octanol–water partition coefficient (Wildman–Crippen LogP) is 11.5. The van der Waals surface area contributed by atoms with Gasteiger partial charge in [0.2, 0.25) is 0 Å². The molecule has 2 aromatic carbocycles. The maximum absolute atomic E-state index is 6.89. The Labute approximate surface area is 292 Å². The van der Waals surface area contributed by atoms with Crippen molar-refractivity contribution >= 4 is 5.65 Å². The first-order valence-electron chi connectivity index (χ1n) is 17.5. The van der Waals surface area contributed by atoms with Gasteiger partial charge < -0.3 is 4.74 Å². The zero-order valence-corrected chi connectivity index (χ0v) is 31.3. The van der Waals surface area contributed by atoms with E-state index in [4.69, 9.17) is 19.8 Å². The Hall–Kier alpha value is -4.71. The fourth-order valence-corrected chi connectivity index (χ4v) is 6.69. The van der Waals surface area contributed by atoms with Gasteiger partial charge in [-0.05, 0) is 83.5 Å². The molecular formula is C43H51N5O. The van der Waals surface area contributed by atoms with Gasteiger partial charge >= 0.3 is 0 Å². The Morgan fingerprint density at radius 2 is 1.43 bits per heavy atom. The summed E-state index contributed by atoms with van der Waals surface area (Å²) < 4.78 is 11.2. The van der Waals surface area contributed by atoms with Gasteiger partial charge in [0.1, 0.15) is 17.1 Å². The smallest absolute Gasteiger partial charge is 0.147 e. The molecule has 0 unspecified atom stereocenters. The lowest BCUT2D eigenvalue weighted by Gasteiger charge is -2.22. The Kier molecular flexibility index (Phi) is 8.81. The molecule has 0 radical (unpaired) electrons. The molecule has 0 aliphatic heterocycles. The highest BCUT2D eigenvalue weighted by atomic mass is 16.5. The van der Waals surface area contributed by atoms with Gasteiger partial charge in [0, 0.05) is 34.8 Å². The van der Waals surface area contributed by atoms with Crippen LogP contribution in [0.5, 0.6) is 11.5 Å². The molecule has 0 bridgehead atoms. The number of ether oxygens (including phenoxy) is 1. The number of aromatic nitrogens is 5. The Balaban J connectivity index is 1.54. The van der Waals surface area contributed by atoms with Gasteiger partial charge in [-0.3, -0.25) is 9.38 Å². The maximum atomic E-state index is 6.89. The summed E-state index contributed by atoms with van der Waals surface area (Å²) in [4.78, 5) is 10.1. The normalized spacial score (nSPS) is 12.4. The molecule has 0 aliphatic rings. The molecule has 6 heteroatoms. The lowest BCUT2D eigenvalue weighted by molar-refractivity contribution is 0.474. The topological polar surface area (TPSA) is 57.2 Å². The SMILES string of the molecule is Cc1nn(-c2cc(Oc3cc(-c4cc(C(C)(C)C)ccn4)c4nc(C(C)C)c(C(C)C)n4c3)cc(C(C)(C)C)c2)c(C)c1-c1ccccc1. The van der Waals surface area contributed by atoms with Crippen molar-refractivity contribution in [3.8, 4) is 39.6 Å². The minimum Gasteiger partial charge on any atom is -0.456 e. The molecule has 6 aromatic rings. The van der Waals surface area contributed by atoms with Crippen LogP contribution in [0, 0.1) is 13.8 Å². The summed E-state index contributed by atoms with van der Waals surface area (Å²) in [5.74, 6) is 2.03. The van der Waals surface area contributed by atoms with Crippen LogP contribution < -0.4 is 4.74 Å². The van der Waals surface area contributed by atoms with Crippen molar-refractivity contribution in [1.82, 2.24) is 24.1 Å². The number of pyridine rings is 2. The summed E-state index contributed by atoms with van der Waals surface area (Å²) in [6.07, 6.45) is 4.01. The fraction of sp³-hybridized carbons (Fsp3) is 0.372. The van der Waals surface area contributed by atoms with E-state index in [1.54, 1.807) is 0 Å². The molecule has 0 amide bonds. The van der Waals surface area contributed by atoms with Crippen LogP contribution in [0.15, 0.2) is 79.1 Å². The second kappa shape index (κ2) is 12.6. The monoisotopic (exact) mass is 653 g/mol. The summed E-state index contributed by atoms with van der Waals surface area (Å²) in [5.41, 5.74) is 12.7. The molecule has 0 fully saturated rings. The summed E-state index contributed by atoms with van der Waals surface area (Å²) in [6.45, 7) is 26.5. The van der Waals surface area contributed by atoms with Crippen LogP contribution in [0.3, 0.4) is 0 Å². The molecule has 0 atom stereocenters. The Bertz CT molecular complexity index is 2140. The molecule has 0 N–H and O–H groups in total. The number of nitrogens with zero attached hydrogens (tertiary/aromatic N) is 5. The van der Waals surface area contributed by atoms with Crippen LogP contribution in [-0.4, -0.2) is 24.1 Å². The number of imidazole rings is 1. The zero-order chi connectivity index (χ0) is 35.4. The number of hydrogen-bond acceptors (Lipinski definition) is 4. The first-order chi connectivity index (χ1) is 23.0. The standard InChI is InChI=1S/C43H51N5O/c1-26(2)39-40(27(3)4)47-25-35(24-36(41(47)45-39)37-22-31(18-19-44-37)42(7,8)9)49-34-21-32(43(10,11)12)20-33(23-34)48-29(6)38(28(5)46-48)30-16-14-13-15-17-30/h13-27H,1-12H3. The second-order valence-corrected chi connectivity index (χ2v) is 16.0. The summed E-state index contributed by atoms with van der Waals surface area (Å²) in [7, 11) is 0. The van der Waals surface area contributed by atoms with Crippen molar-refractivity contribution in [2.45, 2.75) is 106 Å². The van der Waals surface area contributed by atoms with E-state index in [0.29, 0.717) is 0 Å². The molecule has 0 saturated carbocycles. The minimum atomic E-state index is -0.111. The zero-order valence-electron chi connectivity index (χ0n) is 31.3. The molecule has 6 rings (SSSR count). The van der Waals surface area contributed by atoms with Gasteiger partial charge in [0.15, 0.2) is 0 Å². The predicted molar refractivity (Wildman–Crippen MR) is 203 cm³/mol. The molecule has 0 spiro atoms. The number of benzene rings is 2. The summed E-state index contributed by atoms with van der Waals surface area (Å²) >= 11 is 0. The number of fused-ring (bicyclic) bond motifs is 1. The largest absolute Gasteiger partial charge is 0.456 e. The first kappa shape index (κ1) is 34.2. The van der Waals surface area contributed by atoms with Gasteiger partial charge in [-0.1, -0.05) is 99.6 Å². The average Bonchev–Trinajstić information content (AvgIpc) is 3.57. The highest BCUT2D eigenvalue weighted by molar-refractivity contribution is 5.78. The van der Waals surface area contributed by atoms with E-state index >= 15 is 0 Å². The van der Waals surface area contributed by atoms with Crippen LogP contribution in [0.4, 0.5) is 0 Å². The molecule has 0 aliphatic carbocycles. The van der Waals surface area contributed by atoms with Crippen LogP contribution in [0.2, 0.25) is 0 Å². The van der Waals surface area contributed by atoms with Crippen molar-refractivity contribution in [2.24, 2.45) is 0 Å². The van der Waals surface area contributed by atoms with E-state index in [9.17, 15) is 0 Å². The van der Waals surface area contributed by atoms with E-state index in [0.717, 1.165) is 56.7 Å². The van der Waals surface area contributed by atoms with Crippen LogP contribution in [0.1, 0.15) is 115 Å². The van der Waals surface area contributed by atoms with Crippen molar-refractivity contribution in [3.05, 3.63) is 113 Å². The van der Waals surface area contributed by atoms with Gasteiger partial charge in [-0.25, -0.2) is 9.67 Å². The summed E-state index contributed by atoms with van der Waals surface area (Å²) in [5, 5.41) is 5.04. The quantitative estimate of drug-likeness (QED) is 0.172. The van der Waals surface area contributed by atoms with Gasteiger partial charge in [-0.15, -0.1) is 0 Å². The average molecular weight is 654 g/mol. The summed E-state index contributed by atoms with van der Waals surface area (Å²) in [6, 6.07) is 23.4. The van der Waals surface area contributed by atoms with Crippen LogP contribution in [0.25, 0.3) is 33.7 Å². The highest BCUT2D eigenvalue weighted by Gasteiger charge is 2.24. The highest BCUT2D eigenvalue weighted by Crippen LogP contribution is 2.38. The number of hydrogen-bond donors (Lipinski definition) is 0. The fourth-order valence-electron chi connectivity index (χ4n) is 6.69. The maximum Gasteiger partial charge on any atom is 0.147 e. The second-order valence-electron chi connectivity index (χ2n) is 16.0. The molecule has 0 saturated heterocycles. The molecule has 4 aromatic heterocycles. The van der Waals surface area contributed by atoms with Gasteiger partial charge in [0.05, 0.1) is 29.0 Å². The lowest BCUT2D eigenvalue weighted by atomic mass is 9.86. The first-order valence-corrected chi connectivity index (χ1v) is 17.5. The van der Waals surface area contributed by atoms with Crippen LogP contribution >= 0.6 is 0 Å². The third kappa shape index (κ3) is 6.66. The van der Waals surface area contributed by atoms with E-state index in [2.05, 4.69) is 159 Å². The van der Waals surface area contributed by atoms with E-state index in [-0.39, 0.29) is 22.7 Å².